The number of ether oxygens (including phenoxy) is 2. The fraction of sp³-hybridized carbons (Fsp3) is 0.458. The number of hydrogen-bond acceptors (Lipinski definition) is 4. The van der Waals surface area contributed by atoms with Crippen LogP contribution < -0.4 is 20.1 Å². The van der Waals surface area contributed by atoms with Crippen molar-refractivity contribution in [2.45, 2.75) is 46.0 Å². The Morgan fingerprint density at radius 2 is 1.67 bits per heavy atom. The summed E-state index contributed by atoms with van der Waals surface area (Å²) in [6.07, 6.45) is 2.59. The number of likely N-dealkylation sites (tertiary alicyclic amines) is 1. The Kier molecular flexibility index (Phi) is 11.7. The molecule has 1 aliphatic heterocycles. The molecule has 0 unspecified atom stereocenters. The van der Waals surface area contributed by atoms with E-state index in [9.17, 15) is 8.78 Å². The Bertz CT molecular complexity index is 875. The first-order valence-corrected chi connectivity index (χ1v) is 11.0. The fourth-order valence-electron chi connectivity index (χ4n) is 3.67. The third kappa shape index (κ3) is 8.96. The number of benzene rings is 2. The highest BCUT2D eigenvalue weighted by Gasteiger charge is 2.12. The third-order valence-electron chi connectivity index (χ3n) is 5.30. The lowest BCUT2D eigenvalue weighted by atomic mass is 10.1. The lowest BCUT2D eigenvalue weighted by Gasteiger charge is -2.15. The molecule has 3 rings (SSSR count). The van der Waals surface area contributed by atoms with E-state index in [1.807, 2.05) is 6.92 Å². The van der Waals surface area contributed by atoms with Gasteiger partial charge in [-0.2, -0.15) is 8.78 Å². The summed E-state index contributed by atoms with van der Waals surface area (Å²) in [7, 11) is 1.41. The van der Waals surface area contributed by atoms with Gasteiger partial charge in [-0.05, 0) is 61.7 Å². The predicted molar refractivity (Wildman–Crippen MR) is 138 cm³/mol. The van der Waals surface area contributed by atoms with Crippen molar-refractivity contribution in [3.8, 4) is 11.5 Å². The minimum absolute atomic E-state index is 0. The number of nitrogens with one attached hydrogen (secondary N) is 2. The molecule has 182 valence electrons. The zero-order valence-corrected chi connectivity index (χ0v) is 21.5. The zero-order valence-electron chi connectivity index (χ0n) is 19.2. The van der Waals surface area contributed by atoms with Crippen molar-refractivity contribution in [3.05, 3.63) is 59.2 Å². The van der Waals surface area contributed by atoms with Crippen molar-refractivity contribution in [1.29, 1.82) is 0 Å². The van der Waals surface area contributed by atoms with E-state index in [1.54, 1.807) is 12.1 Å². The van der Waals surface area contributed by atoms with E-state index in [1.165, 1.54) is 44.7 Å². The highest BCUT2D eigenvalue weighted by atomic mass is 127. The molecular formula is C24H33F2IN4O2. The van der Waals surface area contributed by atoms with Crippen LogP contribution >= 0.6 is 24.0 Å². The van der Waals surface area contributed by atoms with Crippen LogP contribution in [-0.2, 0) is 19.6 Å². The van der Waals surface area contributed by atoms with Crippen LogP contribution in [0.5, 0.6) is 11.5 Å². The van der Waals surface area contributed by atoms with Gasteiger partial charge in [-0.3, -0.25) is 4.90 Å². The summed E-state index contributed by atoms with van der Waals surface area (Å²) in [5.41, 5.74) is 3.24. The average Bonchev–Trinajstić information content (AvgIpc) is 3.29. The molecular weight excluding hydrogens is 541 g/mol. The van der Waals surface area contributed by atoms with E-state index in [4.69, 9.17) is 4.74 Å². The predicted octanol–water partition coefficient (Wildman–Crippen LogP) is 4.77. The quantitative estimate of drug-likeness (QED) is 0.244. The highest BCUT2D eigenvalue weighted by molar-refractivity contribution is 14.0. The number of halogens is 3. The summed E-state index contributed by atoms with van der Waals surface area (Å²) in [5, 5.41) is 6.53. The molecule has 1 aliphatic rings. The normalized spacial score (nSPS) is 14.2. The lowest BCUT2D eigenvalue weighted by Crippen LogP contribution is -2.36. The van der Waals surface area contributed by atoms with Crippen LogP contribution in [-0.4, -0.2) is 44.2 Å². The molecule has 0 atom stereocenters. The van der Waals surface area contributed by atoms with Gasteiger partial charge in [0.2, 0.25) is 0 Å². The molecule has 0 spiro atoms. The summed E-state index contributed by atoms with van der Waals surface area (Å²) in [6, 6.07) is 13.6. The van der Waals surface area contributed by atoms with Crippen molar-refractivity contribution in [2.24, 2.45) is 4.99 Å². The Balaban J connectivity index is 0.00000385. The maximum Gasteiger partial charge on any atom is 0.387 e. The Labute approximate surface area is 211 Å². The van der Waals surface area contributed by atoms with E-state index in [0.29, 0.717) is 25.6 Å². The van der Waals surface area contributed by atoms with Crippen molar-refractivity contribution in [3.63, 3.8) is 0 Å². The van der Waals surface area contributed by atoms with Crippen molar-refractivity contribution in [2.75, 3.05) is 26.7 Å². The standard InChI is InChI=1S/C24H32F2N4O2.HI/c1-3-27-24(29-16-20-10-11-21(31-2)22(14-20)32-23(25)26)28-15-18-6-8-19(9-7-18)17-30-12-4-5-13-30;/h6-11,14,23H,3-5,12-13,15-17H2,1-2H3,(H2,27,28,29);1H. The Morgan fingerprint density at radius 1 is 1.00 bits per heavy atom. The summed E-state index contributed by atoms with van der Waals surface area (Å²) in [6.45, 7) is 4.13. The minimum atomic E-state index is -2.91. The monoisotopic (exact) mass is 574 g/mol. The average molecular weight is 574 g/mol. The molecule has 0 amide bonds. The largest absolute Gasteiger partial charge is 0.493 e. The summed E-state index contributed by atoms with van der Waals surface area (Å²) >= 11 is 0. The summed E-state index contributed by atoms with van der Waals surface area (Å²) in [4.78, 5) is 7.05. The molecule has 1 saturated heterocycles. The molecule has 2 N–H and O–H groups in total. The van der Waals surface area contributed by atoms with Gasteiger partial charge in [0, 0.05) is 19.6 Å². The number of nitrogens with zero attached hydrogens (tertiary/aromatic N) is 2. The number of aliphatic imine (C=N–C) groups is 1. The fourth-order valence-corrected chi connectivity index (χ4v) is 3.67. The second-order valence-corrected chi connectivity index (χ2v) is 7.71. The van der Waals surface area contributed by atoms with Crippen LogP contribution in [0, 0.1) is 0 Å². The molecule has 2 aromatic carbocycles. The van der Waals surface area contributed by atoms with Crippen molar-refractivity contribution >= 4 is 29.9 Å². The van der Waals surface area contributed by atoms with Crippen LogP contribution in [0.4, 0.5) is 8.78 Å². The minimum Gasteiger partial charge on any atom is -0.493 e. The van der Waals surface area contributed by atoms with E-state index >= 15 is 0 Å². The first-order chi connectivity index (χ1) is 15.6. The molecule has 9 heteroatoms. The number of hydrogen-bond donors (Lipinski definition) is 2. The smallest absolute Gasteiger partial charge is 0.387 e. The van der Waals surface area contributed by atoms with Crippen molar-refractivity contribution in [1.82, 2.24) is 15.5 Å². The molecule has 0 radical (unpaired) electrons. The van der Waals surface area contributed by atoms with Gasteiger partial charge in [-0.15, -0.1) is 24.0 Å². The van der Waals surface area contributed by atoms with Crippen molar-refractivity contribution < 1.29 is 18.3 Å². The molecule has 33 heavy (non-hydrogen) atoms. The van der Waals surface area contributed by atoms with E-state index in [2.05, 4.69) is 49.5 Å². The van der Waals surface area contributed by atoms with E-state index < -0.39 is 6.61 Å². The topological polar surface area (TPSA) is 58.1 Å². The van der Waals surface area contributed by atoms with Gasteiger partial charge in [0.05, 0.1) is 13.7 Å². The number of guanidine groups is 1. The molecule has 0 saturated carbocycles. The molecule has 1 heterocycles. The summed E-state index contributed by atoms with van der Waals surface area (Å²) < 4.78 is 34.9. The van der Waals surface area contributed by atoms with Crippen LogP contribution in [0.1, 0.15) is 36.5 Å². The maximum atomic E-state index is 12.6. The second kappa shape index (κ2) is 14.2. The SMILES string of the molecule is CCNC(=NCc1ccc(OC)c(OC(F)F)c1)NCc1ccc(CN2CCCC2)cc1.I. The molecule has 1 fully saturated rings. The molecule has 0 aliphatic carbocycles. The first kappa shape index (κ1) is 27.1. The highest BCUT2D eigenvalue weighted by Crippen LogP contribution is 2.29. The first-order valence-electron chi connectivity index (χ1n) is 11.0. The van der Waals surface area contributed by atoms with Gasteiger partial charge in [-0.25, -0.2) is 4.99 Å². The second-order valence-electron chi connectivity index (χ2n) is 7.71. The van der Waals surface area contributed by atoms with Gasteiger partial charge < -0.3 is 20.1 Å². The van der Waals surface area contributed by atoms with Crippen LogP contribution in [0.2, 0.25) is 0 Å². The number of methoxy groups -OCH3 is 1. The van der Waals surface area contributed by atoms with Crippen LogP contribution in [0.15, 0.2) is 47.5 Å². The zero-order chi connectivity index (χ0) is 22.8. The molecule has 0 aromatic heterocycles. The maximum absolute atomic E-state index is 12.6. The number of alkyl halides is 2. The summed E-state index contributed by atoms with van der Waals surface area (Å²) in [5.74, 6) is 0.916. The van der Waals surface area contributed by atoms with Gasteiger partial charge in [0.25, 0.3) is 0 Å². The van der Waals surface area contributed by atoms with E-state index in [0.717, 1.165) is 17.7 Å². The molecule has 2 aromatic rings. The third-order valence-corrected chi connectivity index (χ3v) is 5.30. The van der Waals surface area contributed by atoms with Gasteiger partial charge >= 0.3 is 6.61 Å². The van der Waals surface area contributed by atoms with Crippen LogP contribution in [0.3, 0.4) is 0 Å². The molecule has 6 nitrogen and oxygen atoms in total. The van der Waals surface area contributed by atoms with Crippen LogP contribution in [0.25, 0.3) is 0 Å². The Morgan fingerprint density at radius 3 is 2.30 bits per heavy atom. The molecule has 0 bridgehead atoms. The lowest BCUT2D eigenvalue weighted by molar-refractivity contribution is -0.0512. The van der Waals surface area contributed by atoms with Gasteiger partial charge in [-0.1, -0.05) is 30.3 Å². The number of rotatable bonds is 10. The van der Waals surface area contributed by atoms with E-state index in [-0.39, 0.29) is 35.5 Å². The van der Waals surface area contributed by atoms with Gasteiger partial charge in [0.15, 0.2) is 17.5 Å². The van der Waals surface area contributed by atoms with Gasteiger partial charge in [0.1, 0.15) is 0 Å². The Hall–Kier alpha value is -2.14.